The molecule has 0 saturated carbocycles. The van der Waals surface area contributed by atoms with Gasteiger partial charge < -0.3 is 14.7 Å². The summed E-state index contributed by atoms with van der Waals surface area (Å²) in [4.78, 5) is 33.5. The summed E-state index contributed by atoms with van der Waals surface area (Å²) in [7, 11) is -4.23. The van der Waals surface area contributed by atoms with E-state index in [1.54, 1.807) is 32.0 Å². The molecule has 0 saturated heterocycles. The topological polar surface area (TPSA) is 101 Å². The lowest BCUT2D eigenvalue weighted by molar-refractivity contribution is -0.139. The molecule has 2 aromatic rings. The highest BCUT2D eigenvalue weighted by Gasteiger charge is 2.34. The van der Waals surface area contributed by atoms with E-state index in [1.807, 2.05) is 0 Å². The Morgan fingerprint density at radius 2 is 1.62 bits per heavy atom. The van der Waals surface area contributed by atoms with Crippen LogP contribution >= 0.6 is 7.37 Å². The summed E-state index contributed by atoms with van der Waals surface area (Å²) in [6.45, 7) is 2.71. The first kappa shape index (κ1) is 17.9. The van der Waals surface area contributed by atoms with Crippen molar-refractivity contribution in [1.29, 1.82) is 0 Å². The van der Waals surface area contributed by atoms with Gasteiger partial charge in [0.05, 0.1) is 0 Å². The predicted octanol–water partition coefficient (Wildman–Crippen LogP) is 2.50. The van der Waals surface area contributed by atoms with Crippen molar-refractivity contribution in [3.8, 4) is 5.75 Å². The summed E-state index contributed by atoms with van der Waals surface area (Å²) < 4.78 is 17.7. The van der Waals surface area contributed by atoms with Crippen LogP contribution in [0.15, 0.2) is 42.5 Å². The predicted molar refractivity (Wildman–Crippen MR) is 89.3 cm³/mol. The number of rotatable bonds is 6. The Morgan fingerprint density at radius 1 is 1.08 bits per heavy atom. The Bertz CT molecular complexity index is 805. The molecular weight excluding hydrogens is 331 g/mol. The molecule has 1 atom stereocenters. The average molecular weight is 348 g/mol. The number of carboxylic acid groups (broad SMARTS) is 1. The molecule has 0 aliphatic rings. The number of aryl methyl sites for hydroxylation is 2. The lowest BCUT2D eigenvalue weighted by Gasteiger charge is -2.15. The van der Waals surface area contributed by atoms with E-state index in [0.29, 0.717) is 11.1 Å². The maximum Gasteiger partial charge on any atom is 0.341 e. The molecule has 2 rings (SSSR count). The lowest BCUT2D eigenvalue weighted by atomic mass is 10.0. The monoisotopic (exact) mass is 348 g/mol. The highest BCUT2D eigenvalue weighted by molar-refractivity contribution is 7.82. The molecule has 1 unspecified atom stereocenters. The van der Waals surface area contributed by atoms with E-state index in [4.69, 9.17) is 9.84 Å². The third kappa shape index (κ3) is 3.72. The molecule has 0 spiro atoms. The largest absolute Gasteiger partial charge is 0.482 e. The summed E-state index contributed by atoms with van der Waals surface area (Å²) in [6, 6.07) is 10.7. The van der Waals surface area contributed by atoms with Gasteiger partial charge in [0.15, 0.2) is 6.61 Å². The fourth-order valence-corrected chi connectivity index (χ4v) is 3.85. The second kappa shape index (κ2) is 6.99. The molecule has 0 bridgehead atoms. The summed E-state index contributed by atoms with van der Waals surface area (Å²) >= 11 is 0. The summed E-state index contributed by atoms with van der Waals surface area (Å²) in [5.74, 6) is -0.828. The van der Waals surface area contributed by atoms with Gasteiger partial charge in [0.2, 0.25) is 0 Å². The third-order valence-corrected chi connectivity index (χ3v) is 5.24. The molecule has 2 aromatic carbocycles. The molecule has 0 radical (unpaired) electrons. The highest BCUT2D eigenvalue weighted by atomic mass is 31.2. The summed E-state index contributed by atoms with van der Waals surface area (Å²) in [5, 5.41) is 8.71. The smallest absolute Gasteiger partial charge is 0.341 e. The quantitative estimate of drug-likeness (QED) is 0.778. The van der Waals surface area contributed by atoms with Crippen molar-refractivity contribution in [1.82, 2.24) is 0 Å². The first-order valence-corrected chi connectivity index (χ1v) is 8.78. The first-order chi connectivity index (χ1) is 11.2. The number of benzene rings is 2. The fourth-order valence-electron chi connectivity index (χ4n) is 2.39. The van der Waals surface area contributed by atoms with Gasteiger partial charge in [-0.1, -0.05) is 18.2 Å². The minimum atomic E-state index is -4.23. The van der Waals surface area contributed by atoms with Gasteiger partial charge >= 0.3 is 5.97 Å². The first-order valence-electron chi connectivity index (χ1n) is 7.12. The molecule has 6 nitrogen and oxygen atoms in total. The van der Waals surface area contributed by atoms with Crippen LogP contribution < -0.4 is 10.0 Å². The molecule has 0 fully saturated rings. The normalized spacial score (nSPS) is 13.1. The third-order valence-electron chi connectivity index (χ3n) is 3.46. The number of carboxylic acids is 1. The average Bonchev–Trinajstić information content (AvgIpc) is 2.53. The van der Waals surface area contributed by atoms with Crippen LogP contribution in [0.3, 0.4) is 0 Å². The van der Waals surface area contributed by atoms with E-state index in [1.165, 1.54) is 24.3 Å². The van der Waals surface area contributed by atoms with Crippen LogP contribution in [-0.2, 0) is 9.36 Å². The van der Waals surface area contributed by atoms with Crippen molar-refractivity contribution >= 4 is 24.2 Å². The number of hydrogen-bond donors (Lipinski definition) is 2. The zero-order valence-electron chi connectivity index (χ0n) is 13.2. The van der Waals surface area contributed by atoms with Crippen molar-refractivity contribution in [2.45, 2.75) is 13.8 Å². The Labute approximate surface area is 139 Å². The SMILES string of the molecule is Cc1cc(OCC(=O)O)cc(C)c1C(=O)P(=O)(O)c1ccccc1. The zero-order valence-corrected chi connectivity index (χ0v) is 14.1. The molecule has 0 aliphatic heterocycles. The Kier molecular flexibility index (Phi) is 5.22. The van der Waals surface area contributed by atoms with Gasteiger partial charge in [-0.3, -0.25) is 9.36 Å². The zero-order chi connectivity index (χ0) is 17.9. The van der Waals surface area contributed by atoms with Gasteiger partial charge in [-0.25, -0.2) is 4.79 Å². The second-order valence-corrected chi connectivity index (χ2v) is 7.41. The van der Waals surface area contributed by atoms with Crippen LogP contribution in [0, 0.1) is 13.8 Å². The molecule has 7 heteroatoms. The molecule has 0 aliphatic carbocycles. The van der Waals surface area contributed by atoms with Crippen LogP contribution in [0.1, 0.15) is 21.5 Å². The minimum absolute atomic E-state index is 0.0694. The second-order valence-electron chi connectivity index (χ2n) is 5.33. The fraction of sp³-hybridized carbons (Fsp3) is 0.176. The van der Waals surface area contributed by atoms with Crippen molar-refractivity contribution in [2.75, 3.05) is 6.61 Å². The summed E-state index contributed by atoms with van der Waals surface area (Å²) in [5.41, 5.74) is 0.192. The molecule has 0 aromatic heterocycles. The standard InChI is InChI=1S/C17H17O6P/c1-11-8-13(23-10-15(18)19)9-12(2)16(11)17(20)24(21,22)14-6-4-3-5-7-14/h3-9H,10H2,1-2H3,(H,18,19)(H,21,22). The van der Waals surface area contributed by atoms with Gasteiger partial charge in [-0.2, -0.15) is 0 Å². The van der Waals surface area contributed by atoms with Gasteiger partial charge in [0.25, 0.3) is 12.9 Å². The van der Waals surface area contributed by atoms with Crippen LogP contribution in [-0.4, -0.2) is 28.1 Å². The number of hydrogen-bond acceptors (Lipinski definition) is 4. The summed E-state index contributed by atoms with van der Waals surface area (Å²) in [6.07, 6.45) is 0. The minimum Gasteiger partial charge on any atom is -0.482 e. The van der Waals surface area contributed by atoms with Crippen molar-refractivity contribution in [2.24, 2.45) is 0 Å². The van der Waals surface area contributed by atoms with E-state index in [9.17, 15) is 19.0 Å². The number of carbonyl (C=O) groups is 2. The van der Waals surface area contributed by atoms with E-state index >= 15 is 0 Å². The molecular formula is C17H17O6P. The van der Waals surface area contributed by atoms with Gasteiger partial charge in [0.1, 0.15) is 5.75 Å². The number of aliphatic carboxylic acids is 1. The highest BCUT2D eigenvalue weighted by Crippen LogP contribution is 2.44. The Balaban J connectivity index is 2.40. The molecule has 0 amide bonds. The van der Waals surface area contributed by atoms with Crippen LogP contribution in [0.2, 0.25) is 0 Å². The van der Waals surface area contributed by atoms with Gasteiger partial charge in [-0.15, -0.1) is 0 Å². The molecule has 0 heterocycles. The molecule has 24 heavy (non-hydrogen) atoms. The molecule has 2 N–H and O–H groups in total. The number of ether oxygens (including phenoxy) is 1. The Morgan fingerprint density at radius 3 is 2.12 bits per heavy atom. The van der Waals surface area contributed by atoms with E-state index in [-0.39, 0.29) is 16.6 Å². The van der Waals surface area contributed by atoms with Crippen molar-refractivity contribution < 1.29 is 28.9 Å². The maximum atomic E-state index is 12.6. The van der Waals surface area contributed by atoms with E-state index < -0.39 is 25.5 Å². The van der Waals surface area contributed by atoms with Crippen LogP contribution in [0.25, 0.3) is 0 Å². The van der Waals surface area contributed by atoms with Crippen LogP contribution in [0.5, 0.6) is 5.75 Å². The van der Waals surface area contributed by atoms with Crippen molar-refractivity contribution in [3.63, 3.8) is 0 Å². The van der Waals surface area contributed by atoms with Crippen molar-refractivity contribution in [3.05, 3.63) is 59.2 Å². The number of carbonyl (C=O) groups excluding carboxylic acids is 1. The van der Waals surface area contributed by atoms with Crippen LogP contribution in [0.4, 0.5) is 0 Å². The van der Waals surface area contributed by atoms with E-state index in [2.05, 4.69) is 0 Å². The molecule has 126 valence electrons. The van der Waals surface area contributed by atoms with Gasteiger partial charge in [0, 0.05) is 10.9 Å². The lowest BCUT2D eigenvalue weighted by Crippen LogP contribution is -2.15. The Hall–Kier alpha value is -2.43. The maximum absolute atomic E-state index is 12.6. The van der Waals surface area contributed by atoms with E-state index in [0.717, 1.165) is 0 Å². The van der Waals surface area contributed by atoms with Gasteiger partial charge in [-0.05, 0) is 49.2 Å².